The Morgan fingerprint density at radius 2 is 2.05 bits per heavy atom. The summed E-state index contributed by atoms with van der Waals surface area (Å²) in [5.74, 6) is 0. The van der Waals surface area contributed by atoms with Crippen molar-refractivity contribution in [2.24, 2.45) is 7.05 Å². The monoisotopic (exact) mass is 256 g/mol. The molecule has 0 unspecified atom stereocenters. The van der Waals surface area contributed by atoms with Gasteiger partial charge in [-0.05, 0) is 63.3 Å². The van der Waals surface area contributed by atoms with Crippen LogP contribution in [0.3, 0.4) is 0 Å². The molecule has 19 heavy (non-hydrogen) atoms. The van der Waals surface area contributed by atoms with Crippen LogP contribution in [0.4, 0.5) is 0 Å². The second-order valence-electron chi connectivity index (χ2n) is 6.08. The Kier molecular flexibility index (Phi) is 3.36. The molecule has 3 rings (SSSR count). The zero-order valence-corrected chi connectivity index (χ0v) is 12.3. The zero-order valence-electron chi connectivity index (χ0n) is 12.3. The highest BCUT2D eigenvalue weighted by Gasteiger charge is 2.19. The minimum Gasteiger partial charge on any atom is -0.350 e. The van der Waals surface area contributed by atoms with Crippen LogP contribution in [0.25, 0.3) is 10.9 Å². The number of benzene rings is 1. The Morgan fingerprint density at radius 1 is 1.26 bits per heavy atom. The maximum Gasteiger partial charge on any atom is 0.0510 e. The summed E-state index contributed by atoms with van der Waals surface area (Å²) in [4.78, 5) is 0. The third kappa shape index (κ3) is 2.69. The molecule has 1 aromatic heterocycles. The maximum atomic E-state index is 3.60. The number of rotatable bonds is 5. The highest BCUT2D eigenvalue weighted by atomic mass is 14.9. The van der Waals surface area contributed by atoms with E-state index in [-0.39, 0.29) is 0 Å². The van der Waals surface area contributed by atoms with E-state index in [9.17, 15) is 0 Å². The van der Waals surface area contributed by atoms with Crippen molar-refractivity contribution >= 4 is 10.9 Å². The van der Waals surface area contributed by atoms with E-state index in [4.69, 9.17) is 0 Å². The summed E-state index contributed by atoms with van der Waals surface area (Å²) in [7, 11) is 2.16. The van der Waals surface area contributed by atoms with Crippen molar-refractivity contribution in [3.63, 3.8) is 0 Å². The quantitative estimate of drug-likeness (QED) is 0.810. The first-order valence-corrected chi connectivity index (χ1v) is 7.43. The van der Waals surface area contributed by atoms with E-state index < -0.39 is 0 Å². The van der Waals surface area contributed by atoms with Crippen molar-refractivity contribution in [3.8, 4) is 0 Å². The molecule has 2 heteroatoms. The number of aromatic nitrogens is 1. The minimum absolute atomic E-state index is 0.831. The fraction of sp³-hybridized carbons (Fsp3) is 0.529. The number of aryl methyl sites for hydroxylation is 4. The lowest BCUT2D eigenvalue weighted by Gasteiger charge is -2.04. The summed E-state index contributed by atoms with van der Waals surface area (Å²) in [6.07, 6.45) is 7.50. The molecule has 1 saturated carbocycles. The molecule has 1 aliphatic carbocycles. The first-order valence-electron chi connectivity index (χ1n) is 7.43. The molecule has 0 amide bonds. The van der Waals surface area contributed by atoms with E-state index in [0.717, 1.165) is 12.6 Å². The third-order valence-electron chi connectivity index (χ3n) is 4.13. The predicted octanol–water partition coefficient (Wildman–Crippen LogP) is 3.48. The zero-order chi connectivity index (χ0) is 13.4. The summed E-state index contributed by atoms with van der Waals surface area (Å²) in [5, 5.41) is 5.05. The van der Waals surface area contributed by atoms with Crippen LogP contribution in [0.2, 0.25) is 0 Å². The second-order valence-corrected chi connectivity index (χ2v) is 6.08. The molecule has 0 spiro atoms. The Bertz CT molecular complexity index is 591. The molecule has 1 N–H and O–H groups in total. The molecule has 0 bridgehead atoms. The molecule has 1 aliphatic rings. The van der Waals surface area contributed by atoms with Crippen LogP contribution in [0.1, 0.15) is 36.0 Å². The second kappa shape index (κ2) is 5.01. The molecular weight excluding hydrogens is 232 g/mol. The molecule has 0 aliphatic heterocycles. The van der Waals surface area contributed by atoms with Gasteiger partial charge in [0.2, 0.25) is 0 Å². The van der Waals surface area contributed by atoms with Crippen molar-refractivity contribution in [3.05, 3.63) is 35.0 Å². The Balaban J connectivity index is 1.78. The molecule has 0 atom stereocenters. The fourth-order valence-corrected chi connectivity index (χ4v) is 3.11. The summed E-state index contributed by atoms with van der Waals surface area (Å²) < 4.78 is 2.29. The highest BCUT2D eigenvalue weighted by Crippen LogP contribution is 2.26. The molecule has 102 valence electrons. The number of hydrogen-bond donors (Lipinski definition) is 1. The Hall–Kier alpha value is -1.28. The van der Waals surface area contributed by atoms with E-state index in [1.54, 1.807) is 0 Å². The summed E-state index contributed by atoms with van der Waals surface area (Å²) in [5.41, 5.74) is 5.66. The summed E-state index contributed by atoms with van der Waals surface area (Å²) in [6, 6.07) is 5.45. The van der Waals surface area contributed by atoms with Crippen molar-refractivity contribution in [1.82, 2.24) is 9.88 Å². The van der Waals surface area contributed by atoms with Gasteiger partial charge in [-0.3, -0.25) is 0 Å². The van der Waals surface area contributed by atoms with Gasteiger partial charge >= 0.3 is 0 Å². The standard InChI is InChI=1S/C17H24N2/c1-12-9-13(2)17-16(10-12)14(11-19(17)3)5-4-8-18-15-6-7-15/h9-11,15,18H,4-8H2,1-3H3. The average molecular weight is 256 g/mol. The van der Waals surface area contributed by atoms with Gasteiger partial charge in [-0.25, -0.2) is 0 Å². The molecular formula is C17H24N2. The number of nitrogens with one attached hydrogen (secondary N) is 1. The van der Waals surface area contributed by atoms with Gasteiger partial charge in [0, 0.05) is 24.7 Å². The van der Waals surface area contributed by atoms with Crippen LogP contribution in [-0.2, 0) is 13.5 Å². The first kappa shape index (κ1) is 12.7. The van der Waals surface area contributed by atoms with Crippen LogP contribution in [0.15, 0.2) is 18.3 Å². The normalized spacial score (nSPS) is 15.3. The first-order chi connectivity index (χ1) is 9.15. The smallest absolute Gasteiger partial charge is 0.0510 e. The van der Waals surface area contributed by atoms with Crippen molar-refractivity contribution in [1.29, 1.82) is 0 Å². The molecule has 2 nitrogen and oxygen atoms in total. The van der Waals surface area contributed by atoms with E-state index in [2.05, 4.69) is 49.1 Å². The molecule has 0 saturated heterocycles. The average Bonchev–Trinajstić information content (AvgIpc) is 3.10. The maximum absolute atomic E-state index is 3.60. The molecule has 1 aromatic carbocycles. The minimum atomic E-state index is 0.831. The van der Waals surface area contributed by atoms with Gasteiger partial charge in [-0.2, -0.15) is 0 Å². The van der Waals surface area contributed by atoms with E-state index >= 15 is 0 Å². The SMILES string of the molecule is Cc1cc(C)c2c(c1)c(CCCNC1CC1)cn2C. The Morgan fingerprint density at radius 3 is 2.79 bits per heavy atom. The van der Waals surface area contributed by atoms with Crippen LogP contribution in [0.5, 0.6) is 0 Å². The van der Waals surface area contributed by atoms with Crippen LogP contribution >= 0.6 is 0 Å². The Labute approximate surface area is 115 Å². The molecule has 2 aromatic rings. The van der Waals surface area contributed by atoms with Gasteiger partial charge in [-0.1, -0.05) is 11.6 Å². The number of nitrogens with zero attached hydrogens (tertiary/aromatic N) is 1. The van der Waals surface area contributed by atoms with Gasteiger partial charge in [0.05, 0.1) is 5.52 Å². The largest absolute Gasteiger partial charge is 0.350 e. The number of hydrogen-bond acceptors (Lipinski definition) is 1. The molecule has 1 fully saturated rings. The van der Waals surface area contributed by atoms with Crippen LogP contribution in [0, 0.1) is 13.8 Å². The topological polar surface area (TPSA) is 17.0 Å². The summed E-state index contributed by atoms with van der Waals surface area (Å²) in [6.45, 7) is 5.57. The fourth-order valence-electron chi connectivity index (χ4n) is 3.11. The lowest BCUT2D eigenvalue weighted by atomic mass is 10.0. The number of fused-ring (bicyclic) bond motifs is 1. The van der Waals surface area contributed by atoms with Gasteiger partial charge in [-0.15, -0.1) is 0 Å². The van der Waals surface area contributed by atoms with Gasteiger partial charge in [0.25, 0.3) is 0 Å². The van der Waals surface area contributed by atoms with Crippen molar-refractivity contribution < 1.29 is 0 Å². The van der Waals surface area contributed by atoms with Crippen LogP contribution < -0.4 is 5.32 Å². The molecule has 1 heterocycles. The lowest BCUT2D eigenvalue weighted by Crippen LogP contribution is -2.17. The van der Waals surface area contributed by atoms with Gasteiger partial charge in [0.1, 0.15) is 0 Å². The van der Waals surface area contributed by atoms with Crippen molar-refractivity contribution in [2.45, 2.75) is 45.6 Å². The van der Waals surface area contributed by atoms with E-state index in [0.29, 0.717) is 0 Å². The van der Waals surface area contributed by atoms with Gasteiger partial charge < -0.3 is 9.88 Å². The van der Waals surface area contributed by atoms with Crippen LogP contribution in [-0.4, -0.2) is 17.2 Å². The highest BCUT2D eigenvalue weighted by molar-refractivity contribution is 5.87. The van der Waals surface area contributed by atoms with Crippen molar-refractivity contribution in [2.75, 3.05) is 6.54 Å². The predicted molar refractivity (Wildman–Crippen MR) is 81.7 cm³/mol. The summed E-state index contributed by atoms with van der Waals surface area (Å²) >= 11 is 0. The molecule has 0 radical (unpaired) electrons. The van der Waals surface area contributed by atoms with Gasteiger partial charge in [0.15, 0.2) is 0 Å². The lowest BCUT2D eigenvalue weighted by molar-refractivity contribution is 0.646. The van der Waals surface area contributed by atoms with E-state index in [1.807, 2.05) is 0 Å². The third-order valence-corrected chi connectivity index (χ3v) is 4.13. The van der Waals surface area contributed by atoms with E-state index in [1.165, 1.54) is 53.3 Å².